The van der Waals surface area contributed by atoms with E-state index in [1.54, 1.807) is 0 Å². The van der Waals surface area contributed by atoms with Gasteiger partial charge in [-0.05, 0) is 24.0 Å². The SMILES string of the molecule is CCC(CNC(=O)C(N)Cc1ccccc1)c1ccccc1.Cl. The maximum absolute atomic E-state index is 12.2. The van der Waals surface area contributed by atoms with Gasteiger partial charge in [-0.2, -0.15) is 0 Å². The van der Waals surface area contributed by atoms with Gasteiger partial charge < -0.3 is 11.1 Å². The van der Waals surface area contributed by atoms with Crippen molar-refractivity contribution in [1.82, 2.24) is 5.32 Å². The molecule has 0 aliphatic heterocycles. The van der Waals surface area contributed by atoms with E-state index in [0.29, 0.717) is 18.9 Å². The van der Waals surface area contributed by atoms with E-state index in [-0.39, 0.29) is 18.3 Å². The third kappa shape index (κ3) is 6.05. The van der Waals surface area contributed by atoms with E-state index in [1.165, 1.54) is 5.56 Å². The standard InChI is InChI=1S/C19H24N2O.ClH/c1-2-16(17-11-7-4-8-12-17)14-21-19(22)18(20)13-15-9-5-3-6-10-15;/h3-12,16,18H,2,13-14,20H2,1H3,(H,21,22);1H. The Morgan fingerprint density at radius 3 is 2.17 bits per heavy atom. The fourth-order valence-electron chi connectivity index (χ4n) is 2.54. The van der Waals surface area contributed by atoms with Gasteiger partial charge in [0.1, 0.15) is 0 Å². The molecule has 0 saturated carbocycles. The summed E-state index contributed by atoms with van der Waals surface area (Å²) in [7, 11) is 0. The van der Waals surface area contributed by atoms with Crippen LogP contribution in [0.15, 0.2) is 60.7 Å². The third-order valence-corrected chi connectivity index (χ3v) is 3.92. The van der Waals surface area contributed by atoms with Gasteiger partial charge in [-0.15, -0.1) is 12.4 Å². The molecule has 1 amide bonds. The molecule has 0 radical (unpaired) electrons. The topological polar surface area (TPSA) is 55.1 Å². The van der Waals surface area contributed by atoms with Crippen LogP contribution in [0.2, 0.25) is 0 Å². The van der Waals surface area contributed by atoms with Crippen LogP contribution in [0, 0.1) is 0 Å². The first-order valence-corrected chi connectivity index (χ1v) is 7.83. The van der Waals surface area contributed by atoms with E-state index in [2.05, 4.69) is 24.4 Å². The van der Waals surface area contributed by atoms with Crippen molar-refractivity contribution >= 4 is 18.3 Å². The smallest absolute Gasteiger partial charge is 0.237 e. The number of halogens is 1. The highest BCUT2D eigenvalue weighted by Crippen LogP contribution is 2.17. The number of carbonyl (C=O) groups excluding carboxylic acids is 1. The van der Waals surface area contributed by atoms with Crippen molar-refractivity contribution in [1.29, 1.82) is 0 Å². The minimum Gasteiger partial charge on any atom is -0.354 e. The molecule has 0 aromatic heterocycles. The van der Waals surface area contributed by atoms with Crippen LogP contribution in [0.1, 0.15) is 30.4 Å². The first kappa shape index (κ1) is 19.2. The Morgan fingerprint density at radius 2 is 1.61 bits per heavy atom. The lowest BCUT2D eigenvalue weighted by molar-refractivity contribution is -0.122. The molecule has 0 aliphatic rings. The zero-order chi connectivity index (χ0) is 15.8. The number of carbonyl (C=O) groups is 1. The van der Waals surface area contributed by atoms with Crippen molar-refractivity contribution in [3.05, 3.63) is 71.8 Å². The van der Waals surface area contributed by atoms with Crippen LogP contribution in [0.25, 0.3) is 0 Å². The molecule has 3 nitrogen and oxygen atoms in total. The summed E-state index contributed by atoms with van der Waals surface area (Å²) >= 11 is 0. The normalized spacial score (nSPS) is 12.8. The van der Waals surface area contributed by atoms with Crippen LogP contribution in [0.5, 0.6) is 0 Å². The highest BCUT2D eigenvalue weighted by atomic mass is 35.5. The van der Waals surface area contributed by atoms with E-state index in [0.717, 1.165) is 12.0 Å². The molecule has 4 heteroatoms. The number of amides is 1. The van der Waals surface area contributed by atoms with Gasteiger partial charge in [0, 0.05) is 12.5 Å². The molecule has 2 atom stereocenters. The van der Waals surface area contributed by atoms with E-state index < -0.39 is 6.04 Å². The van der Waals surface area contributed by atoms with E-state index in [1.807, 2.05) is 48.5 Å². The Morgan fingerprint density at radius 1 is 1.04 bits per heavy atom. The van der Waals surface area contributed by atoms with Crippen LogP contribution in [0.3, 0.4) is 0 Å². The predicted molar refractivity (Wildman–Crippen MR) is 97.9 cm³/mol. The van der Waals surface area contributed by atoms with Gasteiger partial charge >= 0.3 is 0 Å². The molecule has 0 saturated heterocycles. The van der Waals surface area contributed by atoms with Crippen molar-refractivity contribution in [2.24, 2.45) is 5.73 Å². The van der Waals surface area contributed by atoms with Gasteiger partial charge in [-0.25, -0.2) is 0 Å². The quantitative estimate of drug-likeness (QED) is 0.817. The first-order valence-electron chi connectivity index (χ1n) is 7.83. The molecule has 0 bridgehead atoms. The molecule has 2 unspecified atom stereocenters. The summed E-state index contributed by atoms with van der Waals surface area (Å²) in [5.74, 6) is 0.243. The van der Waals surface area contributed by atoms with Gasteiger partial charge in [0.2, 0.25) is 5.91 Å². The van der Waals surface area contributed by atoms with Gasteiger partial charge in [0.25, 0.3) is 0 Å². The Balaban J connectivity index is 0.00000264. The molecule has 0 heterocycles. The van der Waals surface area contributed by atoms with Crippen molar-refractivity contribution < 1.29 is 4.79 Å². The Hall–Kier alpha value is -1.84. The number of rotatable bonds is 7. The Labute approximate surface area is 144 Å². The average molecular weight is 333 g/mol. The lowest BCUT2D eigenvalue weighted by Crippen LogP contribution is -2.43. The van der Waals surface area contributed by atoms with Crippen molar-refractivity contribution in [2.45, 2.75) is 31.7 Å². The van der Waals surface area contributed by atoms with Crippen LogP contribution < -0.4 is 11.1 Å². The Bertz CT molecular complexity index is 574. The predicted octanol–water partition coefficient (Wildman–Crippen LogP) is 3.29. The zero-order valence-corrected chi connectivity index (χ0v) is 14.3. The van der Waals surface area contributed by atoms with E-state index >= 15 is 0 Å². The molecular weight excluding hydrogens is 308 g/mol. The van der Waals surface area contributed by atoms with Gasteiger partial charge in [-0.1, -0.05) is 67.6 Å². The fourth-order valence-corrected chi connectivity index (χ4v) is 2.54. The van der Waals surface area contributed by atoms with Crippen LogP contribution in [-0.2, 0) is 11.2 Å². The summed E-state index contributed by atoms with van der Waals surface area (Å²) < 4.78 is 0. The number of benzene rings is 2. The monoisotopic (exact) mass is 332 g/mol. The summed E-state index contributed by atoms with van der Waals surface area (Å²) in [5.41, 5.74) is 8.34. The number of hydrogen-bond acceptors (Lipinski definition) is 2. The summed E-state index contributed by atoms with van der Waals surface area (Å²) in [6.07, 6.45) is 1.55. The van der Waals surface area contributed by atoms with Crippen molar-refractivity contribution in [2.75, 3.05) is 6.54 Å². The maximum atomic E-state index is 12.2. The largest absolute Gasteiger partial charge is 0.354 e. The fraction of sp³-hybridized carbons (Fsp3) is 0.316. The van der Waals surface area contributed by atoms with Crippen LogP contribution in [-0.4, -0.2) is 18.5 Å². The number of hydrogen-bond donors (Lipinski definition) is 2. The summed E-state index contributed by atoms with van der Waals surface area (Å²) in [6.45, 7) is 2.76. The minimum atomic E-state index is -0.504. The molecule has 0 fully saturated rings. The van der Waals surface area contributed by atoms with Gasteiger partial charge in [0.05, 0.1) is 6.04 Å². The molecule has 3 N–H and O–H groups in total. The lowest BCUT2D eigenvalue weighted by Gasteiger charge is -2.18. The summed E-state index contributed by atoms with van der Waals surface area (Å²) in [6, 6.07) is 19.6. The average Bonchev–Trinajstić information content (AvgIpc) is 2.57. The lowest BCUT2D eigenvalue weighted by atomic mass is 9.96. The van der Waals surface area contributed by atoms with Gasteiger partial charge in [-0.3, -0.25) is 4.79 Å². The van der Waals surface area contributed by atoms with Crippen molar-refractivity contribution in [3.8, 4) is 0 Å². The molecule has 0 spiro atoms. The van der Waals surface area contributed by atoms with E-state index in [4.69, 9.17) is 5.73 Å². The molecule has 2 rings (SSSR count). The second kappa shape index (κ2) is 10.0. The zero-order valence-electron chi connectivity index (χ0n) is 13.4. The number of nitrogens with two attached hydrogens (primary N) is 1. The molecule has 0 aliphatic carbocycles. The Kier molecular flexibility index (Phi) is 8.38. The van der Waals surface area contributed by atoms with Gasteiger partial charge in [0.15, 0.2) is 0 Å². The third-order valence-electron chi connectivity index (χ3n) is 3.92. The molecule has 2 aromatic rings. The number of nitrogens with one attached hydrogen (secondary N) is 1. The second-order valence-corrected chi connectivity index (χ2v) is 5.56. The highest BCUT2D eigenvalue weighted by molar-refractivity contribution is 5.85. The molecule has 124 valence electrons. The van der Waals surface area contributed by atoms with E-state index in [9.17, 15) is 4.79 Å². The summed E-state index contributed by atoms with van der Waals surface area (Å²) in [4.78, 5) is 12.2. The second-order valence-electron chi connectivity index (χ2n) is 5.56. The summed E-state index contributed by atoms with van der Waals surface area (Å²) in [5, 5.41) is 2.99. The molecule has 2 aromatic carbocycles. The van der Waals surface area contributed by atoms with Crippen molar-refractivity contribution in [3.63, 3.8) is 0 Å². The maximum Gasteiger partial charge on any atom is 0.237 e. The molecular formula is C19H25ClN2O. The van der Waals surface area contributed by atoms with Crippen LogP contribution >= 0.6 is 12.4 Å². The highest BCUT2D eigenvalue weighted by Gasteiger charge is 2.16. The first-order chi connectivity index (χ1) is 10.7. The van der Waals surface area contributed by atoms with Crippen LogP contribution in [0.4, 0.5) is 0 Å². The minimum absolute atomic E-state index is 0. The molecule has 23 heavy (non-hydrogen) atoms.